The Kier molecular flexibility index (Phi) is 4.30. The van der Waals surface area contributed by atoms with Crippen molar-refractivity contribution in [3.05, 3.63) is 74.7 Å². The van der Waals surface area contributed by atoms with Gasteiger partial charge in [0.2, 0.25) is 6.79 Å². The number of rotatable bonds is 3. The van der Waals surface area contributed by atoms with Gasteiger partial charge in [-0.1, -0.05) is 17.7 Å². The molecule has 28 heavy (non-hydrogen) atoms. The van der Waals surface area contributed by atoms with Crippen molar-refractivity contribution < 1.29 is 9.47 Å². The SMILES string of the molecule is O=c1[nH]c(-c2ccc(Cl)cc2)nc2c1CCN(Cc1ccc3c(c1)OCO3)C2. The van der Waals surface area contributed by atoms with Crippen LogP contribution >= 0.6 is 11.6 Å². The van der Waals surface area contributed by atoms with Gasteiger partial charge in [-0.2, -0.15) is 0 Å². The number of nitrogens with zero attached hydrogens (tertiary/aromatic N) is 2. The summed E-state index contributed by atoms with van der Waals surface area (Å²) in [6.07, 6.45) is 0.684. The second kappa shape index (κ2) is 6.96. The van der Waals surface area contributed by atoms with Gasteiger partial charge in [0.15, 0.2) is 11.5 Å². The molecule has 6 nitrogen and oxygen atoms in total. The highest BCUT2D eigenvalue weighted by Crippen LogP contribution is 2.33. The number of aromatic amines is 1. The maximum atomic E-state index is 12.5. The molecule has 3 heterocycles. The largest absolute Gasteiger partial charge is 0.454 e. The number of aromatic nitrogens is 2. The number of H-pyrrole nitrogens is 1. The molecule has 142 valence electrons. The molecule has 1 aromatic heterocycles. The summed E-state index contributed by atoms with van der Waals surface area (Å²) >= 11 is 5.96. The van der Waals surface area contributed by atoms with Crippen LogP contribution in [0.25, 0.3) is 11.4 Å². The van der Waals surface area contributed by atoms with Crippen molar-refractivity contribution in [1.82, 2.24) is 14.9 Å². The van der Waals surface area contributed by atoms with Gasteiger partial charge < -0.3 is 14.5 Å². The molecule has 0 spiro atoms. The van der Waals surface area contributed by atoms with Crippen molar-refractivity contribution in [2.75, 3.05) is 13.3 Å². The molecule has 0 atom stereocenters. The van der Waals surface area contributed by atoms with Gasteiger partial charge in [0.25, 0.3) is 5.56 Å². The zero-order valence-corrected chi connectivity index (χ0v) is 15.8. The first-order valence-corrected chi connectivity index (χ1v) is 9.52. The highest BCUT2D eigenvalue weighted by Gasteiger charge is 2.22. The second-order valence-corrected chi connectivity index (χ2v) is 7.43. The molecule has 5 rings (SSSR count). The molecule has 2 aromatic carbocycles. The Morgan fingerprint density at radius 1 is 1.11 bits per heavy atom. The molecule has 0 amide bonds. The highest BCUT2D eigenvalue weighted by molar-refractivity contribution is 6.30. The fourth-order valence-corrected chi connectivity index (χ4v) is 3.80. The molecule has 0 aliphatic carbocycles. The first kappa shape index (κ1) is 17.3. The maximum Gasteiger partial charge on any atom is 0.254 e. The summed E-state index contributed by atoms with van der Waals surface area (Å²) in [4.78, 5) is 22.5. The molecule has 0 radical (unpaired) electrons. The average Bonchev–Trinajstić information content (AvgIpc) is 3.16. The summed E-state index contributed by atoms with van der Waals surface area (Å²) in [6, 6.07) is 13.3. The van der Waals surface area contributed by atoms with E-state index in [2.05, 4.69) is 9.88 Å². The van der Waals surface area contributed by atoms with E-state index in [1.54, 1.807) is 12.1 Å². The molecular formula is C21H18ClN3O3. The fraction of sp³-hybridized carbons (Fsp3) is 0.238. The van der Waals surface area contributed by atoms with E-state index in [4.69, 9.17) is 26.1 Å². The fourth-order valence-electron chi connectivity index (χ4n) is 3.67. The third-order valence-electron chi connectivity index (χ3n) is 5.11. The quantitative estimate of drug-likeness (QED) is 0.736. The molecule has 3 aromatic rings. The zero-order chi connectivity index (χ0) is 19.1. The second-order valence-electron chi connectivity index (χ2n) is 6.99. The van der Waals surface area contributed by atoms with E-state index >= 15 is 0 Å². The number of hydrogen-bond acceptors (Lipinski definition) is 5. The van der Waals surface area contributed by atoms with Gasteiger partial charge in [0.1, 0.15) is 5.82 Å². The van der Waals surface area contributed by atoms with E-state index in [0.717, 1.165) is 47.0 Å². The predicted molar refractivity (Wildman–Crippen MR) is 106 cm³/mol. The van der Waals surface area contributed by atoms with Crippen molar-refractivity contribution in [2.45, 2.75) is 19.5 Å². The van der Waals surface area contributed by atoms with Gasteiger partial charge in [-0.3, -0.25) is 9.69 Å². The molecule has 0 bridgehead atoms. The Bertz CT molecular complexity index is 1100. The topological polar surface area (TPSA) is 67.5 Å². The lowest BCUT2D eigenvalue weighted by Crippen LogP contribution is -2.35. The first-order valence-electron chi connectivity index (χ1n) is 9.14. The van der Waals surface area contributed by atoms with E-state index in [0.29, 0.717) is 23.8 Å². The molecule has 0 saturated heterocycles. The van der Waals surface area contributed by atoms with E-state index in [9.17, 15) is 4.79 Å². The molecule has 0 unspecified atom stereocenters. The number of benzene rings is 2. The molecule has 2 aliphatic heterocycles. The molecule has 1 N–H and O–H groups in total. The maximum absolute atomic E-state index is 12.5. The number of fused-ring (bicyclic) bond motifs is 2. The van der Waals surface area contributed by atoms with Crippen LogP contribution < -0.4 is 15.0 Å². The average molecular weight is 396 g/mol. The predicted octanol–water partition coefficient (Wildman–Crippen LogP) is 3.38. The van der Waals surface area contributed by atoms with Gasteiger partial charge in [0.05, 0.1) is 5.69 Å². The lowest BCUT2D eigenvalue weighted by atomic mass is 10.0. The van der Waals surface area contributed by atoms with Crippen LogP contribution in [-0.4, -0.2) is 28.2 Å². The van der Waals surface area contributed by atoms with Crippen LogP contribution in [0.5, 0.6) is 11.5 Å². The summed E-state index contributed by atoms with van der Waals surface area (Å²) in [7, 11) is 0. The number of ether oxygens (including phenoxy) is 2. The smallest absolute Gasteiger partial charge is 0.254 e. The highest BCUT2D eigenvalue weighted by atomic mass is 35.5. The standard InChI is InChI=1S/C21H18ClN3O3/c22-15-4-2-14(3-5-15)20-23-17-11-25(8-7-16(17)21(26)24-20)10-13-1-6-18-19(9-13)28-12-27-18/h1-6,9H,7-8,10-12H2,(H,23,24,26). The first-order chi connectivity index (χ1) is 13.7. The minimum atomic E-state index is -0.0577. The van der Waals surface area contributed by atoms with Crippen molar-refractivity contribution >= 4 is 11.6 Å². The molecule has 0 fully saturated rings. The summed E-state index contributed by atoms with van der Waals surface area (Å²) in [5.41, 5.74) is 3.55. The molecular weight excluding hydrogens is 378 g/mol. The van der Waals surface area contributed by atoms with Crippen molar-refractivity contribution in [3.8, 4) is 22.9 Å². The molecule has 0 saturated carbocycles. The van der Waals surface area contributed by atoms with E-state index in [-0.39, 0.29) is 12.4 Å². The van der Waals surface area contributed by atoms with Crippen LogP contribution in [0.3, 0.4) is 0 Å². The Morgan fingerprint density at radius 3 is 2.79 bits per heavy atom. The Labute approximate surface area is 166 Å². The van der Waals surface area contributed by atoms with Gasteiger partial charge >= 0.3 is 0 Å². The Balaban J connectivity index is 1.40. The third kappa shape index (κ3) is 3.25. The van der Waals surface area contributed by atoms with E-state index < -0.39 is 0 Å². The summed E-state index contributed by atoms with van der Waals surface area (Å²) in [5.74, 6) is 2.15. The number of nitrogens with one attached hydrogen (secondary N) is 1. The van der Waals surface area contributed by atoms with E-state index in [1.807, 2.05) is 30.3 Å². The van der Waals surface area contributed by atoms with Gasteiger partial charge in [-0.05, 0) is 48.4 Å². The monoisotopic (exact) mass is 395 g/mol. The minimum absolute atomic E-state index is 0.0577. The van der Waals surface area contributed by atoms with Gasteiger partial charge in [-0.15, -0.1) is 0 Å². The lowest BCUT2D eigenvalue weighted by molar-refractivity contribution is 0.174. The van der Waals surface area contributed by atoms with Crippen LogP contribution in [0.15, 0.2) is 47.3 Å². The van der Waals surface area contributed by atoms with Crippen LogP contribution in [0, 0.1) is 0 Å². The normalized spacial score (nSPS) is 15.5. The summed E-state index contributed by atoms with van der Waals surface area (Å²) in [5, 5.41) is 0.652. The van der Waals surface area contributed by atoms with Crippen LogP contribution in [0.1, 0.15) is 16.8 Å². The molecule has 7 heteroatoms. The van der Waals surface area contributed by atoms with Gasteiger partial charge in [0, 0.05) is 35.8 Å². The van der Waals surface area contributed by atoms with Crippen LogP contribution in [0.2, 0.25) is 5.02 Å². The Hall–Kier alpha value is -2.83. The van der Waals surface area contributed by atoms with Crippen LogP contribution in [-0.2, 0) is 19.5 Å². The minimum Gasteiger partial charge on any atom is -0.454 e. The number of hydrogen-bond donors (Lipinski definition) is 1. The van der Waals surface area contributed by atoms with Crippen LogP contribution in [0.4, 0.5) is 0 Å². The third-order valence-corrected chi connectivity index (χ3v) is 5.37. The lowest BCUT2D eigenvalue weighted by Gasteiger charge is -2.27. The summed E-state index contributed by atoms with van der Waals surface area (Å²) in [6.45, 7) is 2.48. The van der Waals surface area contributed by atoms with Gasteiger partial charge in [-0.25, -0.2) is 4.98 Å². The Morgan fingerprint density at radius 2 is 1.93 bits per heavy atom. The van der Waals surface area contributed by atoms with Crippen molar-refractivity contribution in [3.63, 3.8) is 0 Å². The van der Waals surface area contributed by atoms with Crippen molar-refractivity contribution in [2.24, 2.45) is 0 Å². The zero-order valence-electron chi connectivity index (χ0n) is 15.1. The molecule has 2 aliphatic rings. The van der Waals surface area contributed by atoms with Crippen molar-refractivity contribution in [1.29, 1.82) is 0 Å². The van der Waals surface area contributed by atoms with E-state index in [1.165, 1.54) is 0 Å². The summed E-state index contributed by atoms with van der Waals surface area (Å²) < 4.78 is 10.8. The number of halogens is 1.